The van der Waals surface area contributed by atoms with Crippen molar-refractivity contribution in [3.8, 4) is 5.75 Å². The molecule has 3 aliphatic rings. The summed E-state index contributed by atoms with van der Waals surface area (Å²) in [7, 11) is 0. The molecule has 3 heteroatoms. The lowest BCUT2D eigenvalue weighted by Crippen LogP contribution is -2.42. The first-order valence-corrected chi connectivity index (χ1v) is 10.9. The summed E-state index contributed by atoms with van der Waals surface area (Å²) in [5, 5.41) is 9.89. The molecule has 5 atom stereocenters. The number of phenolic OH excluding ortho intramolecular Hbond substituents is 1. The van der Waals surface area contributed by atoms with E-state index in [-0.39, 0.29) is 0 Å². The van der Waals surface area contributed by atoms with Crippen molar-refractivity contribution in [2.75, 3.05) is 0 Å². The lowest BCUT2D eigenvalue weighted by molar-refractivity contribution is 0.0331. The largest absolute Gasteiger partial charge is 0.508 e. The van der Waals surface area contributed by atoms with Crippen molar-refractivity contribution in [1.82, 2.24) is 9.55 Å². The van der Waals surface area contributed by atoms with E-state index in [1.54, 1.807) is 0 Å². The molecule has 1 unspecified atom stereocenters. The summed E-state index contributed by atoms with van der Waals surface area (Å²) in [6.07, 6.45) is 9.66. The van der Waals surface area contributed by atoms with Gasteiger partial charge >= 0.3 is 0 Å². The van der Waals surface area contributed by atoms with Crippen LogP contribution in [0, 0.1) is 17.3 Å². The fourth-order valence-electron chi connectivity index (χ4n) is 7.22. The summed E-state index contributed by atoms with van der Waals surface area (Å²) in [5.74, 6) is 2.68. The van der Waals surface area contributed by atoms with Gasteiger partial charge in [0.15, 0.2) is 0 Å². The number of aromatic nitrogens is 2. The van der Waals surface area contributed by atoms with Crippen LogP contribution in [-0.2, 0) is 6.42 Å². The Kier molecular flexibility index (Phi) is 3.48. The molecule has 2 saturated carbocycles. The van der Waals surface area contributed by atoms with Crippen molar-refractivity contribution in [1.29, 1.82) is 0 Å². The molecule has 3 aliphatic carbocycles. The second-order valence-corrected chi connectivity index (χ2v) is 9.58. The number of aromatic hydroxyl groups is 1. The first-order valence-electron chi connectivity index (χ1n) is 10.9. The molecule has 0 radical (unpaired) electrons. The predicted octanol–water partition coefficient (Wildman–Crippen LogP) is 5.84. The van der Waals surface area contributed by atoms with Crippen LogP contribution in [0.1, 0.15) is 62.1 Å². The molecule has 0 amide bonds. The molecule has 3 nitrogen and oxygen atoms in total. The molecule has 0 spiro atoms. The van der Waals surface area contributed by atoms with E-state index < -0.39 is 0 Å². The van der Waals surface area contributed by atoms with Gasteiger partial charge in [-0.1, -0.05) is 25.1 Å². The SMILES string of the molecule is C[C@]12CC[C@@H]3c4ccc(O)cc4CC[C@H]3[C@@H]1CCC2n1cnc2ccccc21. The highest BCUT2D eigenvalue weighted by Crippen LogP contribution is 2.64. The highest BCUT2D eigenvalue weighted by molar-refractivity contribution is 5.75. The van der Waals surface area contributed by atoms with Crippen molar-refractivity contribution in [2.24, 2.45) is 17.3 Å². The monoisotopic (exact) mass is 372 g/mol. The third kappa shape index (κ3) is 2.19. The summed E-state index contributed by atoms with van der Waals surface area (Å²) in [5.41, 5.74) is 5.68. The number of imidazole rings is 1. The fraction of sp³-hybridized carbons (Fsp3) is 0.480. The van der Waals surface area contributed by atoms with E-state index in [2.05, 4.69) is 48.1 Å². The molecule has 0 bridgehead atoms. The summed E-state index contributed by atoms with van der Waals surface area (Å²) >= 11 is 0. The van der Waals surface area contributed by atoms with Gasteiger partial charge in [-0.3, -0.25) is 0 Å². The first kappa shape index (κ1) is 16.6. The number of fused-ring (bicyclic) bond motifs is 6. The maximum atomic E-state index is 9.89. The summed E-state index contributed by atoms with van der Waals surface area (Å²) in [6.45, 7) is 2.56. The van der Waals surface area contributed by atoms with E-state index in [1.165, 1.54) is 48.7 Å². The van der Waals surface area contributed by atoms with Crippen LogP contribution in [0.4, 0.5) is 0 Å². The van der Waals surface area contributed by atoms with Crippen molar-refractivity contribution < 1.29 is 5.11 Å². The van der Waals surface area contributed by atoms with E-state index in [1.807, 2.05) is 12.1 Å². The van der Waals surface area contributed by atoms with E-state index in [4.69, 9.17) is 4.98 Å². The number of hydrogen-bond acceptors (Lipinski definition) is 2. The minimum absolute atomic E-state index is 0.360. The van der Waals surface area contributed by atoms with Crippen molar-refractivity contribution in [3.63, 3.8) is 0 Å². The van der Waals surface area contributed by atoms with Crippen LogP contribution in [0.25, 0.3) is 11.0 Å². The second kappa shape index (κ2) is 5.85. The molecule has 28 heavy (non-hydrogen) atoms. The second-order valence-electron chi connectivity index (χ2n) is 9.58. The maximum absolute atomic E-state index is 9.89. The van der Waals surface area contributed by atoms with Crippen LogP contribution in [0.3, 0.4) is 0 Å². The Bertz CT molecular complexity index is 1050. The lowest BCUT2D eigenvalue weighted by atomic mass is 9.55. The van der Waals surface area contributed by atoms with E-state index >= 15 is 0 Å². The highest BCUT2D eigenvalue weighted by Gasteiger charge is 2.55. The van der Waals surface area contributed by atoms with Gasteiger partial charge in [0.2, 0.25) is 0 Å². The van der Waals surface area contributed by atoms with E-state index in [0.29, 0.717) is 23.1 Å². The number of para-hydroxylation sites is 2. The standard InChI is InChI=1S/C25H28N2O/c1-25-13-12-19-18-9-7-17(28)14-16(18)6-8-20(19)21(25)10-11-24(25)27-15-26-22-4-2-3-5-23(22)27/h2-5,7,9,14-15,19-21,24,28H,6,8,10-13H2,1H3/t19-,20-,21+,24?,25+/m1/s1. The topological polar surface area (TPSA) is 38.0 Å². The van der Waals surface area contributed by atoms with Gasteiger partial charge in [0, 0.05) is 6.04 Å². The Labute approximate surface area is 166 Å². The minimum Gasteiger partial charge on any atom is -0.508 e. The number of hydrogen-bond donors (Lipinski definition) is 1. The summed E-state index contributed by atoms with van der Waals surface area (Å²) in [6, 6.07) is 15.3. The van der Waals surface area contributed by atoms with Gasteiger partial charge in [-0.2, -0.15) is 0 Å². The number of nitrogens with zero attached hydrogens (tertiary/aromatic N) is 2. The molecule has 144 valence electrons. The van der Waals surface area contributed by atoms with Crippen LogP contribution >= 0.6 is 0 Å². The lowest BCUT2D eigenvalue weighted by Gasteiger charge is -2.51. The Balaban J connectivity index is 1.37. The van der Waals surface area contributed by atoms with Crippen LogP contribution in [0.5, 0.6) is 5.75 Å². The molecule has 2 aromatic carbocycles. The van der Waals surface area contributed by atoms with Crippen LogP contribution in [0.15, 0.2) is 48.8 Å². The van der Waals surface area contributed by atoms with Gasteiger partial charge in [0.25, 0.3) is 0 Å². The molecule has 1 aromatic heterocycles. The molecular weight excluding hydrogens is 344 g/mol. The zero-order chi connectivity index (χ0) is 18.9. The smallest absolute Gasteiger partial charge is 0.115 e. The summed E-state index contributed by atoms with van der Waals surface area (Å²) < 4.78 is 2.49. The van der Waals surface area contributed by atoms with Gasteiger partial charge in [0.05, 0.1) is 17.4 Å². The molecule has 0 aliphatic heterocycles. The molecular formula is C25H28N2O. The number of rotatable bonds is 1. The normalized spacial score (nSPS) is 34.0. The highest BCUT2D eigenvalue weighted by atomic mass is 16.3. The number of aryl methyl sites for hydroxylation is 1. The molecule has 1 N–H and O–H groups in total. The third-order valence-corrected chi connectivity index (χ3v) is 8.48. The van der Waals surface area contributed by atoms with Crippen molar-refractivity contribution >= 4 is 11.0 Å². The molecule has 2 fully saturated rings. The first-order chi connectivity index (χ1) is 13.6. The Morgan fingerprint density at radius 3 is 2.89 bits per heavy atom. The Morgan fingerprint density at radius 1 is 1.07 bits per heavy atom. The Morgan fingerprint density at radius 2 is 1.96 bits per heavy atom. The molecule has 0 saturated heterocycles. The van der Waals surface area contributed by atoms with Gasteiger partial charge in [-0.25, -0.2) is 4.98 Å². The molecule has 1 heterocycles. The van der Waals surface area contributed by atoms with E-state index in [0.717, 1.165) is 23.8 Å². The average Bonchev–Trinajstić information content (AvgIpc) is 3.28. The van der Waals surface area contributed by atoms with Crippen LogP contribution in [-0.4, -0.2) is 14.7 Å². The quantitative estimate of drug-likeness (QED) is 0.583. The number of phenols is 1. The zero-order valence-electron chi connectivity index (χ0n) is 16.5. The minimum atomic E-state index is 0.360. The van der Waals surface area contributed by atoms with Crippen LogP contribution in [0.2, 0.25) is 0 Å². The van der Waals surface area contributed by atoms with Crippen LogP contribution < -0.4 is 0 Å². The van der Waals surface area contributed by atoms with Crippen molar-refractivity contribution in [2.45, 2.75) is 57.4 Å². The van der Waals surface area contributed by atoms with Gasteiger partial charge in [0.1, 0.15) is 5.75 Å². The Hall–Kier alpha value is -2.29. The van der Waals surface area contributed by atoms with Crippen molar-refractivity contribution in [3.05, 3.63) is 59.9 Å². The van der Waals surface area contributed by atoms with Gasteiger partial charge in [-0.05, 0) is 97.1 Å². The van der Waals surface area contributed by atoms with Gasteiger partial charge < -0.3 is 9.67 Å². The molecule has 6 rings (SSSR count). The predicted molar refractivity (Wildman–Crippen MR) is 111 cm³/mol. The zero-order valence-corrected chi connectivity index (χ0v) is 16.5. The fourth-order valence-corrected chi connectivity index (χ4v) is 7.22. The third-order valence-electron chi connectivity index (χ3n) is 8.48. The number of benzene rings is 2. The molecule has 3 aromatic rings. The van der Waals surface area contributed by atoms with Gasteiger partial charge in [-0.15, -0.1) is 0 Å². The average molecular weight is 373 g/mol. The maximum Gasteiger partial charge on any atom is 0.115 e. The summed E-state index contributed by atoms with van der Waals surface area (Å²) in [4.78, 5) is 4.69. The van der Waals surface area contributed by atoms with E-state index in [9.17, 15) is 5.11 Å².